The average Bonchev–Trinajstić information content (AvgIpc) is 2.48. The molecule has 1 saturated heterocycles. The zero-order valence-corrected chi connectivity index (χ0v) is 12.4. The summed E-state index contributed by atoms with van der Waals surface area (Å²) in [6.45, 7) is 1.56. The third-order valence-corrected chi connectivity index (χ3v) is 5.23. The van der Waals surface area contributed by atoms with Crippen molar-refractivity contribution in [3.05, 3.63) is 29.8 Å². The highest BCUT2D eigenvalue weighted by molar-refractivity contribution is 7.91. The minimum atomic E-state index is -4.53. The summed E-state index contributed by atoms with van der Waals surface area (Å²) in [5.41, 5.74) is 0.851. The molecule has 0 unspecified atom stereocenters. The van der Waals surface area contributed by atoms with Gasteiger partial charge in [-0.05, 0) is 37.1 Å². The number of hydrogen-bond donors (Lipinski definition) is 1. The van der Waals surface area contributed by atoms with E-state index in [-0.39, 0.29) is 17.5 Å². The van der Waals surface area contributed by atoms with Crippen molar-refractivity contribution < 1.29 is 22.3 Å². The van der Waals surface area contributed by atoms with Gasteiger partial charge in [-0.1, -0.05) is 18.6 Å². The Morgan fingerprint density at radius 1 is 1.24 bits per heavy atom. The van der Waals surface area contributed by atoms with Crippen molar-refractivity contribution in [1.29, 1.82) is 0 Å². The van der Waals surface area contributed by atoms with Crippen molar-refractivity contribution in [2.45, 2.75) is 42.5 Å². The molecule has 1 aromatic rings. The van der Waals surface area contributed by atoms with Crippen LogP contribution in [0.2, 0.25) is 0 Å². The number of likely N-dealkylation sites (tertiary alicyclic amines) is 1. The predicted molar refractivity (Wildman–Crippen MR) is 74.8 cm³/mol. The molecule has 1 aliphatic heterocycles. The SMILES string of the molecule is O=S(=O)(c1ccc(CN2CCCC[C@@H]2CO)cc1)C(F)F. The predicted octanol–water partition coefficient (Wildman–Crippen LogP) is 2.03. The molecule has 0 spiro atoms. The monoisotopic (exact) mass is 319 g/mol. The molecule has 0 radical (unpaired) electrons. The first kappa shape index (κ1) is 16.3. The van der Waals surface area contributed by atoms with E-state index in [1.165, 1.54) is 12.1 Å². The number of alkyl halides is 2. The van der Waals surface area contributed by atoms with Crippen LogP contribution in [0.4, 0.5) is 8.78 Å². The molecule has 0 saturated carbocycles. The van der Waals surface area contributed by atoms with E-state index in [1.54, 1.807) is 12.1 Å². The molecule has 1 aliphatic rings. The number of hydrogen-bond acceptors (Lipinski definition) is 4. The Balaban J connectivity index is 2.09. The largest absolute Gasteiger partial charge is 0.395 e. The van der Waals surface area contributed by atoms with Crippen molar-refractivity contribution in [1.82, 2.24) is 4.90 Å². The number of piperidine rings is 1. The molecule has 0 aliphatic carbocycles. The van der Waals surface area contributed by atoms with Crippen LogP contribution in [0.15, 0.2) is 29.2 Å². The first-order valence-electron chi connectivity index (χ1n) is 6.91. The highest BCUT2D eigenvalue weighted by Gasteiger charge is 2.26. The molecule has 1 fully saturated rings. The summed E-state index contributed by atoms with van der Waals surface area (Å²) in [5.74, 6) is -3.40. The van der Waals surface area contributed by atoms with Gasteiger partial charge in [0, 0.05) is 12.6 Å². The molecule has 2 rings (SSSR count). The van der Waals surface area contributed by atoms with Gasteiger partial charge in [0.15, 0.2) is 0 Å². The Morgan fingerprint density at radius 3 is 2.48 bits per heavy atom. The molecule has 1 aromatic carbocycles. The zero-order chi connectivity index (χ0) is 15.5. The summed E-state index contributed by atoms with van der Waals surface area (Å²) in [6.07, 6.45) is 3.09. The van der Waals surface area contributed by atoms with Crippen LogP contribution in [0.1, 0.15) is 24.8 Å². The van der Waals surface area contributed by atoms with E-state index in [2.05, 4.69) is 4.90 Å². The topological polar surface area (TPSA) is 57.6 Å². The Labute approximate surface area is 123 Å². The summed E-state index contributed by atoms with van der Waals surface area (Å²) in [5, 5.41) is 9.35. The van der Waals surface area contributed by atoms with Gasteiger partial charge in [0.2, 0.25) is 9.84 Å². The van der Waals surface area contributed by atoms with Gasteiger partial charge in [-0.25, -0.2) is 8.42 Å². The fourth-order valence-electron chi connectivity index (χ4n) is 2.60. The van der Waals surface area contributed by atoms with Crippen LogP contribution >= 0.6 is 0 Å². The number of halogens is 2. The Hall–Kier alpha value is -1.05. The summed E-state index contributed by atoms with van der Waals surface area (Å²) >= 11 is 0. The van der Waals surface area contributed by atoms with Gasteiger partial charge >= 0.3 is 5.76 Å². The molecule has 21 heavy (non-hydrogen) atoms. The molecule has 118 valence electrons. The van der Waals surface area contributed by atoms with Gasteiger partial charge in [0.05, 0.1) is 11.5 Å². The minimum Gasteiger partial charge on any atom is -0.395 e. The molecule has 0 amide bonds. The van der Waals surface area contributed by atoms with Crippen LogP contribution in [0, 0.1) is 0 Å². The van der Waals surface area contributed by atoms with Gasteiger partial charge in [-0.15, -0.1) is 0 Å². The molecule has 0 bridgehead atoms. The van der Waals surface area contributed by atoms with E-state index in [9.17, 15) is 22.3 Å². The van der Waals surface area contributed by atoms with Crippen molar-refractivity contribution >= 4 is 9.84 Å². The summed E-state index contributed by atoms with van der Waals surface area (Å²) in [7, 11) is -4.53. The number of sulfone groups is 1. The lowest BCUT2D eigenvalue weighted by Crippen LogP contribution is -2.41. The van der Waals surface area contributed by atoms with Crippen LogP contribution in [-0.4, -0.2) is 43.4 Å². The van der Waals surface area contributed by atoms with Gasteiger partial charge in [0.25, 0.3) is 0 Å². The second-order valence-electron chi connectivity index (χ2n) is 5.25. The standard InChI is InChI=1S/C14H19F2NO3S/c15-14(16)21(19,20)13-6-4-11(5-7-13)9-17-8-2-1-3-12(17)10-18/h4-7,12,14,18H,1-3,8-10H2/t12-/m1/s1. The number of benzene rings is 1. The molecule has 4 nitrogen and oxygen atoms in total. The average molecular weight is 319 g/mol. The highest BCUT2D eigenvalue weighted by Crippen LogP contribution is 2.22. The molecule has 1 atom stereocenters. The van der Waals surface area contributed by atoms with Crippen LogP contribution in [0.3, 0.4) is 0 Å². The van der Waals surface area contributed by atoms with Crippen molar-refractivity contribution in [3.8, 4) is 0 Å². The lowest BCUT2D eigenvalue weighted by atomic mass is 10.0. The summed E-state index contributed by atoms with van der Waals surface area (Å²) < 4.78 is 47.6. The number of aliphatic hydroxyl groups is 1. The second kappa shape index (κ2) is 6.81. The second-order valence-corrected chi connectivity index (χ2v) is 7.17. The maximum atomic E-state index is 12.4. The molecule has 7 heteroatoms. The van der Waals surface area contributed by atoms with E-state index in [0.29, 0.717) is 6.54 Å². The van der Waals surface area contributed by atoms with E-state index in [0.717, 1.165) is 31.4 Å². The van der Waals surface area contributed by atoms with Crippen molar-refractivity contribution in [2.24, 2.45) is 0 Å². The van der Waals surface area contributed by atoms with Gasteiger partial charge < -0.3 is 5.11 Å². The van der Waals surface area contributed by atoms with Gasteiger partial charge in [0.1, 0.15) is 0 Å². The lowest BCUT2D eigenvalue weighted by Gasteiger charge is -2.34. The Morgan fingerprint density at radius 2 is 1.90 bits per heavy atom. The number of nitrogens with zero attached hydrogens (tertiary/aromatic N) is 1. The highest BCUT2D eigenvalue weighted by atomic mass is 32.2. The van der Waals surface area contributed by atoms with Crippen LogP contribution in [-0.2, 0) is 16.4 Å². The van der Waals surface area contributed by atoms with E-state index < -0.39 is 15.6 Å². The zero-order valence-electron chi connectivity index (χ0n) is 11.6. The maximum absolute atomic E-state index is 12.4. The van der Waals surface area contributed by atoms with Crippen LogP contribution in [0.5, 0.6) is 0 Å². The molecule has 1 N–H and O–H groups in total. The Bertz CT molecular complexity index is 560. The smallest absolute Gasteiger partial charge is 0.341 e. The van der Waals surface area contributed by atoms with Crippen molar-refractivity contribution in [2.75, 3.05) is 13.2 Å². The fourth-order valence-corrected chi connectivity index (χ4v) is 3.32. The minimum absolute atomic E-state index is 0.0951. The fraction of sp³-hybridized carbons (Fsp3) is 0.571. The summed E-state index contributed by atoms with van der Waals surface area (Å²) in [6, 6.07) is 5.66. The third kappa shape index (κ3) is 3.78. The third-order valence-electron chi connectivity index (χ3n) is 3.83. The number of rotatable bonds is 5. The quantitative estimate of drug-likeness (QED) is 0.902. The van der Waals surface area contributed by atoms with E-state index >= 15 is 0 Å². The lowest BCUT2D eigenvalue weighted by molar-refractivity contribution is 0.0841. The Kier molecular flexibility index (Phi) is 5.29. The van der Waals surface area contributed by atoms with Crippen molar-refractivity contribution in [3.63, 3.8) is 0 Å². The normalized spacial score (nSPS) is 20.9. The number of aliphatic hydroxyl groups excluding tert-OH is 1. The maximum Gasteiger partial charge on any atom is 0.341 e. The van der Waals surface area contributed by atoms with Gasteiger partial charge in [-0.2, -0.15) is 8.78 Å². The van der Waals surface area contributed by atoms with Crippen LogP contribution < -0.4 is 0 Å². The molecular formula is C14H19F2NO3S. The van der Waals surface area contributed by atoms with E-state index in [4.69, 9.17) is 0 Å². The summed E-state index contributed by atoms with van der Waals surface area (Å²) in [4.78, 5) is 1.78. The molecule has 0 aromatic heterocycles. The van der Waals surface area contributed by atoms with Gasteiger partial charge in [-0.3, -0.25) is 4.90 Å². The molecule has 1 heterocycles. The molecular weight excluding hydrogens is 300 g/mol. The van der Waals surface area contributed by atoms with E-state index in [1.807, 2.05) is 0 Å². The first-order valence-corrected chi connectivity index (χ1v) is 8.45. The first-order chi connectivity index (χ1) is 9.95. The van der Waals surface area contributed by atoms with Crippen LogP contribution in [0.25, 0.3) is 0 Å².